The van der Waals surface area contributed by atoms with Gasteiger partial charge < -0.3 is 15.7 Å². The zero-order valence-electron chi connectivity index (χ0n) is 13.7. The second-order valence-electron chi connectivity index (χ2n) is 6.48. The molecule has 0 atom stereocenters. The van der Waals surface area contributed by atoms with Gasteiger partial charge in [0.1, 0.15) is 0 Å². The molecular weight excluding hydrogens is 292 g/mol. The maximum Gasteiger partial charge on any atom is 0.251 e. The van der Waals surface area contributed by atoms with Gasteiger partial charge in [0, 0.05) is 30.1 Å². The van der Waals surface area contributed by atoms with Crippen LogP contribution in [0.2, 0.25) is 0 Å². The first kappa shape index (κ1) is 17.2. The first-order valence-electron chi connectivity index (χ1n) is 7.85. The Morgan fingerprint density at radius 1 is 1.17 bits per heavy atom. The molecule has 0 heterocycles. The average molecular weight is 316 g/mol. The highest BCUT2D eigenvalue weighted by atomic mass is 16.3. The molecule has 23 heavy (non-hydrogen) atoms. The van der Waals surface area contributed by atoms with Gasteiger partial charge in [-0.3, -0.25) is 9.59 Å². The van der Waals surface area contributed by atoms with E-state index in [9.17, 15) is 14.7 Å². The molecule has 5 heteroatoms. The molecule has 124 valence electrons. The third kappa shape index (κ3) is 5.21. The molecule has 1 saturated carbocycles. The van der Waals surface area contributed by atoms with Crippen LogP contribution in [0.1, 0.15) is 42.6 Å². The van der Waals surface area contributed by atoms with E-state index in [2.05, 4.69) is 10.6 Å². The van der Waals surface area contributed by atoms with E-state index in [0.29, 0.717) is 18.7 Å². The van der Waals surface area contributed by atoms with Gasteiger partial charge in [0.25, 0.3) is 5.91 Å². The molecule has 1 aromatic carbocycles. The van der Waals surface area contributed by atoms with Crippen molar-refractivity contribution in [3.8, 4) is 0 Å². The smallest absolute Gasteiger partial charge is 0.251 e. The van der Waals surface area contributed by atoms with Gasteiger partial charge in [0.15, 0.2) is 0 Å². The summed E-state index contributed by atoms with van der Waals surface area (Å²) >= 11 is 0. The highest BCUT2D eigenvalue weighted by molar-refractivity contribution is 5.94. The lowest BCUT2D eigenvalue weighted by Gasteiger charge is -2.13. The van der Waals surface area contributed by atoms with E-state index < -0.39 is 0 Å². The fraction of sp³-hybridized carbons (Fsp3) is 0.444. The fourth-order valence-corrected chi connectivity index (χ4v) is 2.21. The lowest BCUT2D eigenvalue weighted by Crippen LogP contribution is -2.31. The van der Waals surface area contributed by atoms with Crippen LogP contribution < -0.4 is 10.6 Å². The predicted octanol–water partition coefficient (Wildman–Crippen LogP) is 1.77. The zero-order valence-corrected chi connectivity index (χ0v) is 13.7. The normalized spacial score (nSPS) is 14.7. The van der Waals surface area contributed by atoms with Crippen molar-refractivity contribution in [2.75, 3.05) is 13.2 Å². The van der Waals surface area contributed by atoms with E-state index >= 15 is 0 Å². The van der Waals surface area contributed by atoms with E-state index in [0.717, 1.165) is 24.0 Å². The molecule has 5 nitrogen and oxygen atoms in total. The van der Waals surface area contributed by atoms with E-state index in [1.807, 2.05) is 26.0 Å². The molecule has 0 aliphatic heterocycles. The van der Waals surface area contributed by atoms with Crippen molar-refractivity contribution in [3.63, 3.8) is 0 Å². The number of hydrogen-bond acceptors (Lipinski definition) is 3. The lowest BCUT2D eigenvalue weighted by atomic mass is 10.1. The Bertz CT molecular complexity index is 597. The van der Waals surface area contributed by atoms with E-state index in [4.69, 9.17) is 0 Å². The van der Waals surface area contributed by atoms with Crippen molar-refractivity contribution in [3.05, 3.63) is 47.0 Å². The number of aliphatic hydroxyl groups excluding tert-OH is 1. The molecule has 0 aromatic heterocycles. The second kappa shape index (κ2) is 7.42. The van der Waals surface area contributed by atoms with Crippen LogP contribution in [0.25, 0.3) is 0 Å². The molecule has 1 aliphatic carbocycles. The number of allylic oxidation sites excluding steroid dienone is 1. The standard InChI is InChI=1S/C18H24N2O3/c1-13(2)9-16(22)19-10-14-3-5-15(6-4-14)17(23)20-11-18(12-21)7-8-18/h3-6,9,21H,7-8,10-12H2,1-2H3,(H,19,22)(H,20,23). The number of benzene rings is 1. The summed E-state index contributed by atoms with van der Waals surface area (Å²) in [5.74, 6) is -0.254. The van der Waals surface area contributed by atoms with Crippen LogP contribution in [0.5, 0.6) is 0 Å². The van der Waals surface area contributed by atoms with Crippen molar-refractivity contribution in [2.45, 2.75) is 33.2 Å². The molecule has 0 unspecified atom stereocenters. The maximum atomic E-state index is 12.1. The van der Waals surface area contributed by atoms with Crippen LogP contribution in [0.4, 0.5) is 0 Å². The fourth-order valence-electron chi connectivity index (χ4n) is 2.21. The first-order valence-corrected chi connectivity index (χ1v) is 7.85. The summed E-state index contributed by atoms with van der Waals surface area (Å²) in [5.41, 5.74) is 2.38. The third-order valence-electron chi connectivity index (χ3n) is 4.02. The summed E-state index contributed by atoms with van der Waals surface area (Å²) in [7, 11) is 0. The Morgan fingerprint density at radius 2 is 1.83 bits per heavy atom. The Hall–Kier alpha value is -2.14. The minimum absolute atomic E-state index is 0.0925. The van der Waals surface area contributed by atoms with Crippen LogP contribution in [-0.4, -0.2) is 30.1 Å². The molecular formula is C18H24N2O3. The molecule has 1 aliphatic rings. The van der Waals surface area contributed by atoms with E-state index in [1.54, 1.807) is 18.2 Å². The molecule has 2 amide bonds. The highest BCUT2D eigenvalue weighted by Gasteiger charge is 2.42. The molecule has 2 rings (SSSR count). The highest BCUT2D eigenvalue weighted by Crippen LogP contribution is 2.44. The zero-order chi connectivity index (χ0) is 16.9. The van der Waals surface area contributed by atoms with Gasteiger partial charge in [0.05, 0.1) is 6.61 Å². The Morgan fingerprint density at radius 3 is 2.35 bits per heavy atom. The number of carbonyl (C=O) groups excluding carboxylic acids is 2. The van der Waals surface area contributed by atoms with Crippen molar-refractivity contribution in [1.82, 2.24) is 10.6 Å². The number of nitrogens with one attached hydrogen (secondary N) is 2. The third-order valence-corrected chi connectivity index (χ3v) is 4.02. The topological polar surface area (TPSA) is 78.4 Å². The van der Waals surface area contributed by atoms with Gasteiger partial charge in [-0.1, -0.05) is 17.7 Å². The lowest BCUT2D eigenvalue weighted by molar-refractivity contribution is -0.116. The van der Waals surface area contributed by atoms with Crippen LogP contribution in [0.3, 0.4) is 0 Å². The summed E-state index contributed by atoms with van der Waals surface area (Å²) in [5, 5.41) is 14.9. The number of aliphatic hydroxyl groups is 1. The van der Waals surface area contributed by atoms with Gasteiger partial charge in [-0.05, 0) is 44.4 Å². The summed E-state index contributed by atoms with van der Waals surface area (Å²) < 4.78 is 0. The Kier molecular flexibility index (Phi) is 5.55. The summed E-state index contributed by atoms with van der Waals surface area (Å²) in [6.07, 6.45) is 3.49. The first-order chi connectivity index (χ1) is 10.9. The van der Waals surface area contributed by atoms with Gasteiger partial charge in [-0.2, -0.15) is 0 Å². The molecule has 1 fully saturated rings. The quantitative estimate of drug-likeness (QED) is 0.671. The minimum Gasteiger partial charge on any atom is -0.396 e. The van der Waals surface area contributed by atoms with Crippen LogP contribution >= 0.6 is 0 Å². The number of amides is 2. The molecule has 0 bridgehead atoms. The predicted molar refractivity (Wildman–Crippen MR) is 88.8 cm³/mol. The average Bonchev–Trinajstić information content (AvgIpc) is 3.31. The summed E-state index contributed by atoms with van der Waals surface area (Å²) in [6, 6.07) is 7.15. The minimum atomic E-state index is -0.134. The number of hydrogen-bond donors (Lipinski definition) is 3. The summed E-state index contributed by atoms with van der Waals surface area (Å²) in [4.78, 5) is 23.6. The number of carbonyl (C=O) groups is 2. The van der Waals surface area contributed by atoms with Crippen molar-refractivity contribution < 1.29 is 14.7 Å². The second-order valence-corrected chi connectivity index (χ2v) is 6.48. The summed E-state index contributed by atoms with van der Waals surface area (Å²) in [6.45, 7) is 4.81. The molecule has 1 aromatic rings. The largest absolute Gasteiger partial charge is 0.396 e. The SMILES string of the molecule is CC(C)=CC(=O)NCc1ccc(C(=O)NCC2(CO)CC2)cc1. The molecule has 3 N–H and O–H groups in total. The van der Waals surface area contributed by atoms with E-state index in [1.165, 1.54) is 0 Å². The molecule has 0 spiro atoms. The molecule has 0 saturated heterocycles. The van der Waals surface area contributed by atoms with Crippen LogP contribution in [0, 0.1) is 5.41 Å². The maximum absolute atomic E-state index is 12.1. The molecule has 0 radical (unpaired) electrons. The Balaban J connectivity index is 1.83. The monoisotopic (exact) mass is 316 g/mol. The van der Waals surface area contributed by atoms with Crippen molar-refractivity contribution in [1.29, 1.82) is 0 Å². The van der Waals surface area contributed by atoms with Gasteiger partial charge in [0.2, 0.25) is 5.91 Å². The van der Waals surface area contributed by atoms with Gasteiger partial charge in [-0.25, -0.2) is 0 Å². The van der Waals surface area contributed by atoms with Gasteiger partial charge >= 0.3 is 0 Å². The number of rotatable bonds is 7. The van der Waals surface area contributed by atoms with Crippen molar-refractivity contribution in [2.24, 2.45) is 5.41 Å². The Labute approximate surface area is 136 Å². The van der Waals surface area contributed by atoms with E-state index in [-0.39, 0.29) is 23.8 Å². The van der Waals surface area contributed by atoms with Crippen molar-refractivity contribution >= 4 is 11.8 Å². The van der Waals surface area contributed by atoms with Crippen LogP contribution in [0.15, 0.2) is 35.9 Å². The van der Waals surface area contributed by atoms with Crippen LogP contribution in [-0.2, 0) is 11.3 Å². The van der Waals surface area contributed by atoms with Gasteiger partial charge in [-0.15, -0.1) is 0 Å².